The van der Waals surface area contributed by atoms with Gasteiger partial charge in [-0.3, -0.25) is 14.4 Å². The predicted octanol–water partition coefficient (Wildman–Crippen LogP) is 3.09. The topological polar surface area (TPSA) is 87.3 Å². The third-order valence-electron chi connectivity index (χ3n) is 3.75. The lowest BCUT2D eigenvalue weighted by Gasteiger charge is -2.10. The van der Waals surface area contributed by atoms with Crippen LogP contribution in [0.2, 0.25) is 0 Å². The molecule has 0 bridgehead atoms. The minimum atomic E-state index is -0.303. The molecule has 6 nitrogen and oxygen atoms in total. The average Bonchev–Trinajstić information content (AvgIpc) is 2.66. The van der Waals surface area contributed by atoms with Crippen molar-refractivity contribution in [1.29, 1.82) is 0 Å². The molecule has 0 aliphatic heterocycles. The number of rotatable bonds is 7. The van der Waals surface area contributed by atoms with Gasteiger partial charge in [-0.1, -0.05) is 41.9 Å². The molecule has 0 atom stereocenters. The van der Waals surface area contributed by atoms with Gasteiger partial charge in [0.15, 0.2) is 0 Å². The molecule has 2 rings (SSSR count). The number of carbonyl (C=O) groups is 3. The quantitative estimate of drug-likeness (QED) is 0.629. The SMILES string of the molecule is CC(C)C(=O)Nc1ccc(CNC(=O)CNC(=O)c2ccc(Br)cc2)cc1. The highest BCUT2D eigenvalue weighted by Gasteiger charge is 2.09. The number of benzene rings is 2. The Morgan fingerprint density at radius 2 is 1.56 bits per heavy atom. The van der Waals surface area contributed by atoms with E-state index in [1.54, 1.807) is 36.4 Å². The van der Waals surface area contributed by atoms with Crippen molar-refractivity contribution in [2.45, 2.75) is 20.4 Å². The summed E-state index contributed by atoms with van der Waals surface area (Å²) in [6.07, 6.45) is 0. The second-order valence-corrected chi connectivity index (χ2v) is 7.22. The summed E-state index contributed by atoms with van der Waals surface area (Å²) in [6.45, 7) is 3.90. The van der Waals surface area contributed by atoms with Crippen LogP contribution in [0.1, 0.15) is 29.8 Å². The summed E-state index contributed by atoms with van der Waals surface area (Å²) < 4.78 is 0.881. The van der Waals surface area contributed by atoms with Gasteiger partial charge in [-0.05, 0) is 42.0 Å². The molecule has 0 radical (unpaired) electrons. The first kappa shape index (κ1) is 20.6. The number of halogens is 1. The maximum absolute atomic E-state index is 12.0. The summed E-state index contributed by atoms with van der Waals surface area (Å²) >= 11 is 3.31. The molecule has 0 fully saturated rings. The number of hydrogen-bond acceptors (Lipinski definition) is 3. The van der Waals surface area contributed by atoms with E-state index in [9.17, 15) is 14.4 Å². The van der Waals surface area contributed by atoms with Crippen molar-refractivity contribution in [1.82, 2.24) is 10.6 Å². The van der Waals surface area contributed by atoms with Gasteiger partial charge in [-0.15, -0.1) is 0 Å². The van der Waals surface area contributed by atoms with E-state index in [4.69, 9.17) is 0 Å². The van der Waals surface area contributed by atoms with Crippen LogP contribution in [0, 0.1) is 5.92 Å². The molecular weight excluding hydrogens is 410 g/mol. The van der Waals surface area contributed by atoms with Crippen LogP contribution in [0.4, 0.5) is 5.69 Å². The molecule has 3 amide bonds. The minimum absolute atomic E-state index is 0.0439. The highest BCUT2D eigenvalue weighted by atomic mass is 79.9. The predicted molar refractivity (Wildman–Crippen MR) is 108 cm³/mol. The van der Waals surface area contributed by atoms with Crippen LogP contribution in [-0.4, -0.2) is 24.3 Å². The Morgan fingerprint density at radius 3 is 2.15 bits per heavy atom. The van der Waals surface area contributed by atoms with Crippen LogP contribution < -0.4 is 16.0 Å². The van der Waals surface area contributed by atoms with Crippen molar-refractivity contribution in [3.8, 4) is 0 Å². The lowest BCUT2D eigenvalue weighted by Crippen LogP contribution is -2.36. The van der Waals surface area contributed by atoms with Crippen molar-refractivity contribution >= 4 is 39.3 Å². The summed E-state index contributed by atoms with van der Waals surface area (Å²) in [5.74, 6) is -0.713. The van der Waals surface area contributed by atoms with E-state index in [1.807, 2.05) is 26.0 Å². The Hall–Kier alpha value is -2.67. The van der Waals surface area contributed by atoms with Crippen molar-refractivity contribution in [3.05, 3.63) is 64.1 Å². The summed E-state index contributed by atoms with van der Waals surface area (Å²) in [5.41, 5.74) is 2.10. The Bertz CT molecular complexity index is 802. The van der Waals surface area contributed by atoms with Gasteiger partial charge in [0.2, 0.25) is 11.8 Å². The number of carbonyl (C=O) groups excluding carboxylic acids is 3. The van der Waals surface area contributed by atoms with Crippen molar-refractivity contribution in [2.75, 3.05) is 11.9 Å². The molecule has 27 heavy (non-hydrogen) atoms. The lowest BCUT2D eigenvalue weighted by molar-refractivity contribution is -0.120. The van der Waals surface area contributed by atoms with E-state index in [1.165, 1.54) is 0 Å². The molecule has 0 unspecified atom stereocenters. The minimum Gasteiger partial charge on any atom is -0.350 e. The fourth-order valence-corrected chi connectivity index (χ4v) is 2.38. The van der Waals surface area contributed by atoms with Gasteiger partial charge in [0.05, 0.1) is 6.54 Å². The first-order chi connectivity index (χ1) is 12.8. The number of hydrogen-bond donors (Lipinski definition) is 3. The van der Waals surface area contributed by atoms with Gasteiger partial charge < -0.3 is 16.0 Å². The molecule has 2 aromatic carbocycles. The highest BCUT2D eigenvalue weighted by molar-refractivity contribution is 9.10. The van der Waals surface area contributed by atoms with E-state index in [2.05, 4.69) is 31.9 Å². The Balaban J connectivity index is 1.75. The third kappa shape index (κ3) is 6.86. The van der Waals surface area contributed by atoms with E-state index < -0.39 is 0 Å². The number of anilines is 1. The van der Waals surface area contributed by atoms with E-state index in [0.29, 0.717) is 17.8 Å². The van der Waals surface area contributed by atoms with E-state index >= 15 is 0 Å². The van der Waals surface area contributed by atoms with Crippen LogP contribution in [0.25, 0.3) is 0 Å². The van der Waals surface area contributed by atoms with Gasteiger partial charge in [-0.25, -0.2) is 0 Å². The summed E-state index contributed by atoms with van der Waals surface area (Å²) in [5, 5.41) is 8.14. The van der Waals surface area contributed by atoms with Crippen LogP contribution in [0.3, 0.4) is 0 Å². The molecule has 0 aliphatic carbocycles. The molecule has 0 saturated carbocycles. The van der Waals surface area contributed by atoms with Gasteiger partial charge in [-0.2, -0.15) is 0 Å². The molecule has 0 spiro atoms. The molecule has 7 heteroatoms. The van der Waals surface area contributed by atoms with Crippen molar-refractivity contribution in [3.63, 3.8) is 0 Å². The number of amides is 3. The largest absolute Gasteiger partial charge is 0.350 e. The van der Waals surface area contributed by atoms with Crippen molar-refractivity contribution < 1.29 is 14.4 Å². The molecule has 0 heterocycles. The Kier molecular flexibility index (Phi) is 7.55. The smallest absolute Gasteiger partial charge is 0.251 e. The van der Waals surface area contributed by atoms with Gasteiger partial charge >= 0.3 is 0 Å². The molecule has 3 N–H and O–H groups in total. The summed E-state index contributed by atoms with van der Waals surface area (Å²) in [7, 11) is 0. The molecule has 2 aromatic rings. The Morgan fingerprint density at radius 1 is 0.926 bits per heavy atom. The maximum Gasteiger partial charge on any atom is 0.251 e. The zero-order valence-electron chi connectivity index (χ0n) is 15.2. The molecule has 0 aromatic heterocycles. The second kappa shape index (κ2) is 9.87. The van der Waals surface area contributed by atoms with Crippen LogP contribution >= 0.6 is 15.9 Å². The highest BCUT2D eigenvalue weighted by Crippen LogP contribution is 2.11. The van der Waals surface area contributed by atoms with Crippen molar-refractivity contribution in [2.24, 2.45) is 5.92 Å². The normalized spacial score (nSPS) is 10.4. The molecular formula is C20H22BrN3O3. The fourth-order valence-electron chi connectivity index (χ4n) is 2.12. The average molecular weight is 432 g/mol. The molecule has 0 saturated heterocycles. The maximum atomic E-state index is 12.0. The van der Waals surface area contributed by atoms with E-state index in [-0.39, 0.29) is 30.2 Å². The first-order valence-electron chi connectivity index (χ1n) is 8.55. The van der Waals surface area contributed by atoms with Gasteiger partial charge in [0, 0.05) is 28.2 Å². The second-order valence-electron chi connectivity index (χ2n) is 6.31. The number of nitrogens with one attached hydrogen (secondary N) is 3. The van der Waals surface area contributed by atoms with Crippen LogP contribution in [0.5, 0.6) is 0 Å². The third-order valence-corrected chi connectivity index (χ3v) is 4.28. The first-order valence-corrected chi connectivity index (χ1v) is 9.34. The Labute approximate surface area is 166 Å². The van der Waals surface area contributed by atoms with Gasteiger partial charge in [0.1, 0.15) is 0 Å². The van der Waals surface area contributed by atoms with Crippen LogP contribution in [0.15, 0.2) is 53.0 Å². The monoisotopic (exact) mass is 431 g/mol. The van der Waals surface area contributed by atoms with Gasteiger partial charge in [0.25, 0.3) is 5.91 Å². The lowest BCUT2D eigenvalue weighted by atomic mass is 10.1. The van der Waals surface area contributed by atoms with E-state index in [0.717, 1.165) is 10.0 Å². The fraction of sp³-hybridized carbons (Fsp3) is 0.250. The summed E-state index contributed by atoms with van der Waals surface area (Å²) in [4.78, 5) is 35.5. The molecule has 142 valence electrons. The van der Waals surface area contributed by atoms with Crippen LogP contribution in [-0.2, 0) is 16.1 Å². The zero-order chi connectivity index (χ0) is 19.8. The molecule has 0 aliphatic rings. The standard InChI is InChI=1S/C20H22BrN3O3/c1-13(2)19(26)24-17-9-3-14(4-10-17)11-22-18(25)12-23-20(27)15-5-7-16(21)8-6-15/h3-10,13H,11-12H2,1-2H3,(H,22,25)(H,23,27)(H,24,26). The zero-order valence-corrected chi connectivity index (χ0v) is 16.8. The summed E-state index contributed by atoms with van der Waals surface area (Å²) in [6, 6.07) is 14.1.